The van der Waals surface area contributed by atoms with Crippen molar-refractivity contribution in [3.05, 3.63) is 52.0 Å². The van der Waals surface area contributed by atoms with E-state index >= 15 is 0 Å². The van der Waals surface area contributed by atoms with Gasteiger partial charge in [-0.15, -0.1) is 11.3 Å². The molecule has 0 spiro atoms. The lowest BCUT2D eigenvalue weighted by atomic mass is 9.94. The lowest BCUT2D eigenvalue weighted by molar-refractivity contribution is 0.593. The Morgan fingerprint density at radius 1 is 1.25 bits per heavy atom. The molecular weight excluding hydrogens is 216 g/mol. The molecule has 2 rings (SSSR count). The molecule has 0 saturated heterocycles. The summed E-state index contributed by atoms with van der Waals surface area (Å²) in [5.74, 6) is 0.298. The maximum Gasteiger partial charge on any atom is 0.110 e. The summed E-state index contributed by atoms with van der Waals surface area (Å²) in [6, 6.07) is 10.3. The third-order valence-electron chi connectivity index (χ3n) is 2.79. The Morgan fingerprint density at radius 2 is 1.94 bits per heavy atom. The Hall–Kier alpha value is -1.19. The van der Waals surface area contributed by atoms with Gasteiger partial charge in [0.25, 0.3) is 0 Å². The molecule has 2 nitrogen and oxygen atoms in total. The molecule has 0 fully saturated rings. The van der Waals surface area contributed by atoms with Crippen molar-refractivity contribution in [2.75, 3.05) is 0 Å². The van der Waals surface area contributed by atoms with Gasteiger partial charge in [0.15, 0.2) is 0 Å². The second kappa shape index (κ2) is 4.76. The van der Waals surface area contributed by atoms with E-state index in [1.807, 2.05) is 30.5 Å². The zero-order valence-electron chi connectivity index (χ0n) is 9.55. The lowest BCUT2D eigenvalue weighted by Gasteiger charge is -2.18. The van der Waals surface area contributed by atoms with Gasteiger partial charge < -0.3 is 5.73 Å². The molecule has 1 heterocycles. The minimum absolute atomic E-state index is 0.0129. The highest BCUT2D eigenvalue weighted by molar-refractivity contribution is 7.09. The maximum atomic E-state index is 6.23. The van der Waals surface area contributed by atoms with E-state index in [1.165, 1.54) is 5.56 Å². The zero-order chi connectivity index (χ0) is 11.5. The second-order valence-corrected chi connectivity index (χ2v) is 4.94. The summed E-state index contributed by atoms with van der Waals surface area (Å²) in [5.41, 5.74) is 8.55. The fraction of sp³-hybridized carbons (Fsp3) is 0.308. The molecule has 2 atom stereocenters. The first-order valence-electron chi connectivity index (χ1n) is 5.41. The molecule has 2 aromatic rings. The Bertz CT molecular complexity index is 450. The van der Waals surface area contributed by atoms with Crippen LogP contribution in [-0.4, -0.2) is 4.98 Å². The number of nitrogens with two attached hydrogens (primary N) is 1. The summed E-state index contributed by atoms with van der Waals surface area (Å²) < 4.78 is 0. The van der Waals surface area contributed by atoms with Crippen LogP contribution >= 0.6 is 11.3 Å². The molecule has 0 aliphatic heterocycles. The first-order valence-corrected chi connectivity index (χ1v) is 6.29. The Morgan fingerprint density at radius 3 is 2.50 bits per heavy atom. The number of aryl methyl sites for hydroxylation is 1. The molecule has 2 N–H and O–H groups in total. The highest BCUT2D eigenvalue weighted by Gasteiger charge is 2.19. The Labute approximate surface area is 100 Å². The summed E-state index contributed by atoms with van der Waals surface area (Å²) in [4.78, 5) is 4.45. The number of hydrogen-bond donors (Lipinski definition) is 1. The quantitative estimate of drug-likeness (QED) is 0.882. The van der Waals surface area contributed by atoms with E-state index in [4.69, 9.17) is 5.73 Å². The van der Waals surface area contributed by atoms with Gasteiger partial charge in [-0.1, -0.05) is 37.3 Å². The fourth-order valence-electron chi connectivity index (χ4n) is 1.70. The number of hydrogen-bond acceptors (Lipinski definition) is 3. The van der Waals surface area contributed by atoms with Crippen molar-refractivity contribution in [3.8, 4) is 0 Å². The van der Waals surface area contributed by atoms with E-state index in [0.29, 0.717) is 5.92 Å². The van der Waals surface area contributed by atoms with Crippen molar-refractivity contribution in [1.29, 1.82) is 0 Å². The normalized spacial score (nSPS) is 14.7. The number of benzene rings is 1. The van der Waals surface area contributed by atoms with Crippen LogP contribution in [0.4, 0.5) is 0 Å². The first-order chi connectivity index (χ1) is 7.68. The monoisotopic (exact) mass is 232 g/mol. The van der Waals surface area contributed by atoms with Crippen LogP contribution in [0.3, 0.4) is 0 Å². The highest BCUT2D eigenvalue weighted by atomic mass is 32.1. The van der Waals surface area contributed by atoms with E-state index in [2.05, 4.69) is 24.0 Å². The fourth-order valence-corrected chi connectivity index (χ4v) is 2.61. The minimum Gasteiger partial charge on any atom is -0.321 e. The second-order valence-electron chi connectivity index (χ2n) is 4.05. The van der Waals surface area contributed by atoms with Crippen molar-refractivity contribution in [3.63, 3.8) is 0 Å². The number of thiazole rings is 1. The predicted molar refractivity (Wildman–Crippen MR) is 68.6 cm³/mol. The number of aromatic nitrogens is 1. The number of nitrogens with zero attached hydrogens (tertiary/aromatic N) is 1. The van der Waals surface area contributed by atoms with Crippen LogP contribution in [0.15, 0.2) is 35.7 Å². The summed E-state index contributed by atoms with van der Waals surface area (Å²) in [7, 11) is 0. The van der Waals surface area contributed by atoms with Crippen LogP contribution in [0, 0.1) is 6.92 Å². The third-order valence-corrected chi connectivity index (χ3v) is 3.85. The van der Waals surface area contributed by atoms with Gasteiger partial charge in [0.05, 0.1) is 6.04 Å². The van der Waals surface area contributed by atoms with Crippen molar-refractivity contribution in [2.45, 2.75) is 25.8 Å². The summed E-state index contributed by atoms with van der Waals surface area (Å²) in [6.45, 7) is 4.15. The minimum atomic E-state index is -0.0129. The average Bonchev–Trinajstić information content (AvgIpc) is 2.75. The Balaban J connectivity index is 2.19. The maximum absolute atomic E-state index is 6.23. The average molecular weight is 232 g/mol. The zero-order valence-corrected chi connectivity index (χ0v) is 10.4. The molecule has 16 heavy (non-hydrogen) atoms. The van der Waals surface area contributed by atoms with E-state index in [-0.39, 0.29) is 6.04 Å². The Kier molecular flexibility index (Phi) is 3.36. The van der Waals surface area contributed by atoms with Crippen molar-refractivity contribution < 1.29 is 0 Å². The molecule has 0 aliphatic rings. The first kappa shape index (κ1) is 11.3. The van der Waals surface area contributed by atoms with Gasteiger partial charge in [0.1, 0.15) is 5.01 Å². The van der Waals surface area contributed by atoms with E-state index in [9.17, 15) is 0 Å². The van der Waals surface area contributed by atoms with Gasteiger partial charge in [0, 0.05) is 17.0 Å². The molecule has 0 aliphatic carbocycles. The van der Waals surface area contributed by atoms with Gasteiger partial charge in [-0.25, -0.2) is 4.98 Å². The summed E-state index contributed by atoms with van der Waals surface area (Å²) in [6.07, 6.45) is 0. The largest absolute Gasteiger partial charge is 0.321 e. The molecule has 0 bridgehead atoms. The molecule has 84 valence electrons. The molecule has 0 radical (unpaired) electrons. The molecule has 1 aromatic carbocycles. The molecule has 0 amide bonds. The molecule has 2 unspecified atom stereocenters. The van der Waals surface area contributed by atoms with E-state index in [1.54, 1.807) is 11.3 Å². The molecular formula is C13H16N2S. The topological polar surface area (TPSA) is 38.9 Å². The smallest absolute Gasteiger partial charge is 0.110 e. The van der Waals surface area contributed by atoms with Gasteiger partial charge in [-0.2, -0.15) is 0 Å². The molecule has 3 heteroatoms. The van der Waals surface area contributed by atoms with E-state index in [0.717, 1.165) is 10.7 Å². The standard InChI is InChI=1S/C13H16N2S/c1-9-8-16-13(15-9)12(14)10(2)11-6-4-3-5-7-11/h3-8,10,12H,14H2,1-2H3. The summed E-state index contributed by atoms with van der Waals surface area (Å²) >= 11 is 1.64. The van der Waals surface area contributed by atoms with Crippen molar-refractivity contribution in [2.24, 2.45) is 5.73 Å². The highest BCUT2D eigenvalue weighted by Crippen LogP contribution is 2.29. The lowest BCUT2D eigenvalue weighted by Crippen LogP contribution is -2.17. The SMILES string of the molecule is Cc1csc(C(N)C(C)c2ccccc2)n1. The van der Waals surface area contributed by atoms with Gasteiger partial charge in [-0.3, -0.25) is 0 Å². The predicted octanol–water partition coefficient (Wildman–Crippen LogP) is 3.26. The third kappa shape index (κ3) is 2.31. The molecule has 1 aromatic heterocycles. The van der Waals surface area contributed by atoms with Crippen LogP contribution in [0.1, 0.15) is 35.1 Å². The molecule has 0 saturated carbocycles. The van der Waals surface area contributed by atoms with Crippen LogP contribution in [0.2, 0.25) is 0 Å². The number of rotatable bonds is 3. The van der Waals surface area contributed by atoms with Gasteiger partial charge in [-0.05, 0) is 12.5 Å². The van der Waals surface area contributed by atoms with Crippen molar-refractivity contribution in [1.82, 2.24) is 4.98 Å². The van der Waals surface area contributed by atoms with Crippen molar-refractivity contribution >= 4 is 11.3 Å². The van der Waals surface area contributed by atoms with Crippen LogP contribution in [0.5, 0.6) is 0 Å². The van der Waals surface area contributed by atoms with Gasteiger partial charge >= 0.3 is 0 Å². The summed E-state index contributed by atoms with van der Waals surface area (Å²) in [5, 5.41) is 3.07. The van der Waals surface area contributed by atoms with Crippen LogP contribution < -0.4 is 5.73 Å². The van der Waals surface area contributed by atoms with Crippen LogP contribution in [0.25, 0.3) is 0 Å². The van der Waals surface area contributed by atoms with Crippen LogP contribution in [-0.2, 0) is 0 Å². The van der Waals surface area contributed by atoms with Gasteiger partial charge in [0.2, 0.25) is 0 Å². The van der Waals surface area contributed by atoms with E-state index < -0.39 is 0 Å².